The van der Waals surface area contributed by atoms with Gasteiger partial charge in [0.25, 0.3) is 11.8 Å². The highest BCUT2D eigenvalue weighted by Gasteiger charge is 2.19. The van der Waals surface area contributed by atoms with Crippen molar-refractivity contribution in [1.29, 1.82) is 0 Å². The predicted octanol–water partition coefficient (Wildman–Crippen LogP) is 4.64. The van der Waals surface area contributed by atoms with Crippen molar-refractivity contribution in [1.82, 2.24) is 10.6 Å². The summed E-state index contributed by atoms with van der Waals surface area (Å²) in [6.07, 6.45) is 1.58. The fourth-order valence-electron chi connectivity index (χ4n) is 3.56. The van der Waals surface area contributed by atoms with Crippen molar-refractivity contribution in [3.8, 4) is 17.2 Å². The highest BCUT2D eigenvalue weighted by atomic mass is 35.5. The van der Waals surface area contributed by atoms with Gasteiger partial charge in [-0.25, -0.2) is 0 Å². The van der Waals surface area contributed by atoms with E-state index < -0.39 is 25.8 Å². The Hall–Kier alpha value is -2.99. The highest BCUT2D eigenvalue weighted by molar-refractivity contribution is 7.64. The minimum atomic E-state index is -0.510. The Kier molecular flexibility index (Phi) is 9.43. The molecule has 0 radical (unpaired) electrons. The Labute approximate surface area is 220 Å². The Morgan fingerprint density at radius 2 is 1.56 bits per heavy atom. The van der Waals surface area contributed by atoms with Crippen molar-refractivity contribution < 1.29 is 24.9 Å². The summed E-state index contributed by atoms with van der Waals surface area (Å²) in [4.78, 5) is 25.1. The Morgan fingerprint density at radius 3 is 2.17 bits per heavy atom. The first-order valence-electron chi connectivity index (χ1n) is 11.1. The maximum atomic E-state index is 12.8. The van der Waals surface area contributed by atoms with Gasteiger partial charge in [-0.15, -0.1) is 0 Å². The van der Waals surface area contributed by atoms with Gasteiger partial charge in [0.15, 0.2) is 0 Å². The minimum absolute atomic E-state index is 0.0903. The van der Waals surface area contributed by atoms with E-state index >= 15 is 0 Å². The number of aromatic hydroxyl groups is 3. The fourth-order valence-corrected chi connectivity index (χ4v) is 5.81. The number of phenolic OH excluding ortho intramolecular Hbond substituents is 3. The van der Waals surface area contributed by atoms with E-state index in [9.17, 15) is 24.9 Å². The molecule has 0 saturated heterocycles. The molecule has 3 aromatic rings. The third kappa shape index (κ3) is 7.50. The molecule has 3 rings (SSSR count). The number of hydrogen-bond acceptors (Lipinski definition) is 5. The zero-order valence-corrected chi connectivity index (χ0v) is 22.2. The van der Waals surface area contributed by atoms with Crippen LogP contribution in [0, 0.1) is 0 Å². The zero-order chi connectivity index (χ0) is 26.4. The van der Waals surface area contributed by atoms with Crippen molar-refractivity contribution in [2.45, 2.75) is 19.4 Å². The van der Waals surface area contributed by atoms with E-state index in [1.165, 1.54) is 12.1 Å². The van der Waals surface area contributed by atoms with Gasteiger partial charge in [0.1, 0.15) is 17.2 Å². The fraction of sp³-hybridized carbons (Fsp3) is 0.231. The number of carbonyl (C=O) groups is 2. The van der Waals surface area contributed by atoms with Gasteiger partial charge in [-0.05, 0) is 73.4 Å². The molecule has 0 spiro atoms. The second-order valence-corrected chi connectivity index (χ2v) is 11.6. The van der Waals surface area contributed by atoms with Crippen molar-refractivity contribution >= 4 is 48.2 Å². The summed E-state index contributed by atoms with van der Waals surface area (Å²) in [6.45, 7) is 3.95. The molecule has 0 aromatic heterocycles. The number of rotatable bonds is 9. The summed E-state index contributed by atoms with van der Waals surface area (Å²) < 4.78 is 0. The van der Waals surface area contributed by atoms with Crippen LogP contribution in [0.2, 0.25) is 10.0 Å². The summed E-state index contributed by atoms with van der Waals surface area (Å²) in [7, 11) is -0.485. The maximum Gasteiger partial charge on any atom is 0.254 e. The average Bonchev–Trinajstić information content (AvgIpc) is 2.80. The average molecular weight is 549 g/mol. The van der Waals surface area contributed by atoms with Crippen LogP contribution in [0.3, 0.4) is 0 Å². The third-order valence-corrected chi connectivity index (χ3v) is 8.10. The van der Waals surface area contributed by atoms with E-state index in [-0.39, 0.29) is 45.0 Å². The molecule has 7 nitrogen and oxygen atoms in total. The number of phenols is 3. The van der Waals surface area contributed by atoms with Gasteiger partial charge in [-0.2, -0.15) is 0 Å². The molecular formula is C26H27Cl2N2O5P. The molecule has 0 aliphatic heterocycles. The zero-order valence-electron chi connectivity index (χ0n) is 19.8. The van der Waals surface area contributed by atoms with Crippen LogP contribution >= 0.6 is 31.1 Å². The number of halogens is 2. The first-order valence-corrected chi connectivity index (χ1v) is 13.9. The van der Waals surface area contributed by atoms with Crippen LogP contribution in [0.4, 0.5) is 0 Å². The van der Waals surface area contributed by atoms with E-state index in [4.69, 9.17) is 23.2 Å². The van der Waals surface area contributed by atoms with Gasteiger partial charge >= 0.3 is 0 Å². The van der Waals surface area contributed by atoms with Gasteiger partial charge in [0.05, 0.1) is 15.6 Å². The van der Waals surface area contributed by atoms with Crippen LogP contribution in [0.15, 0.2) is 54.6 Å². The van der Waals surface area contributed by atoms with Crippen molar-refractivity contribution in [3.63, 3.8) is 0 Å². The topological polar surface area (TPSA) is 119 Å². The molecule has 0 aliphatic carbocycles. The van der Waals surface area contributed by atoms with Crippen LogP contribution in [0.1, 0.15) is 33.2 Å². The lowest BCUT2D eigenvalue weighted by Crippen LogP contribution is -2.42. The van der Waals surface area contributed by atoms with E-state index in [0.717, 1.165) is 23.1 Å². The van der Waals surface area contributed by atoms with Gasteiger partial charge in [0.2, 0.25) is 0 Å². The Morgan fingerprint density at radius 1 is 0.917 bits per heavy atom. The molecule has 2 amide bonds. The van der Waals surface area contributed by atoms with Crippen LogP contribution in [-0.2, 0) is 6.42 Å². The lowest BCUT2D eigenvalue weighted by atomic mass is 10.1. The SMILES string of the molecule is CC(CNC(=O)c1cc(O)cc(O)c1)NC(=O)c1c(Cl)cc(CCP(C)c2cccc(O)c2)cc1Cl. The standard InChI is InChI=1S/C26H27Cl2N2O5P/c1-15(14-29-25(34)17-10-19(32)12-20(33)11-17)30-26(35)24-22(27)8-16(9-23(24)28)6-7-36(2)21-5-3-4-18(31)13-21/h3-5,8-13,15,31-33H,6-7,14H2,1-2H3,(H,29,34)(H,30,35). The number of nitrogens with one attached hydrogen (secondary N) is 2. The molecule has 190 valence electrons. The Bertz CT molecular complexity index is 1230. The van der Waals surface area contributed by atoms with E-state index in [2.05, 4.69) is 17.3 Å². The van der Waals surface area contributed by atoms with Crippen LogP contribution in [0.5, 0.6) is 17.2 Å². The first kappa shape index (κ1) is 27.6. The lowest BCUT2D eigenvalue weighted by Gasteiger charge is -2.17. The molecule has 0 saturated carbocycles. The molecule has 0 aliphatic rings. The number of amides is 2. The molecule has 2 atom stereocenters. The number of hydrogen-bond donors (Lipinski definition) is 5. The monoisotopic (exact) mass is 548 g/mol. The summed E-state index contributed by atoms with van der Waals surface area (Å²) in [5.74, 6) is -1.20. The molecule has 36 heavy (non-hydrogen) atoms. The smallest absolute Gasteiger partial charge is 0.254 e. The van der Waals surface area contributed by atoms with E-state index in [0.29, 0.717) is 6.42 Å². The molecule has 2 unspecified atom stereocenters. The summed E-state index contributed by atoms with van der Waals surface area (Å²) >= 11 is 12.8. The largest absolute Gasteiger partial charge is 0.508 e. The third-order valence-electron chi connectivity index (χ3n) is 5.45. The second kappa shape index (κ2) is 12.3. The maximum absolute atomic E-state index is 12.8. The highest BCUT2D eigenvalue weighted by Crippen LogP contribution is 2.33. The summed E-state index contributed by atoms with van der Waals surface area (Å²) in [6, 6.07) is 13.8. The normalized spacial score (nSPS) is 12.6. The predicted molar refractivity (Wildman–Crippen MR) is 145 cm³/mol. The van der Waals surface area contributed by atoms with Gasteiger partial charge < -0.3 is 26.0 Å². The molecule has 0 bridgehead atoms. The second-order valence-electron chi connectivity index (χ2n) is 8.45. The molecule has 10 heteroatoms. The molecular weight excluding hydrogens is 522 g/mol. The first-order chi connectivity index (χ1) is 17.0. The van der Waals surface area contributed by atoms with Crippen molar-refractivity contribution in [2.24, 2.45) is 0 Å². The molecule has 3 aromatic carbocycles. The summed E-state index contributed by atoms with van der Waals surface area (Å²) in [5.41, 5.74) is 1.16. The van der Waals surface area contributed by atoms with Crippen LogP contribution in [-0.4, -0.2) is 52.5 Å². The number of aryl methyl sites for hydroxylation is 1. The Balaban J connectivity index is 1.57. The molecule has 5 N–H and O–H groups in total. The van der Waals surface area contributed by atoms with E-state index in [1.54, 1.807) is 31.2 Å². The quantitative estimate of drug-likeness (QED) is 0.249. The van der Waals surface area contributed by atoms with Crippen molar-refractivity contribution in [3.05, 3.63) is 81.3 Å². The van der Waals surface area contributed by atoms with Crippen LogP contribution in [0.25, 0.3) is 0 Å². The van der Waals surface area contributed by atoms with Gasteiger partial charge in [-0.3, -0.25) is 9.59 Å². The molecule has 0 heterocycles. The van der Waals surface area contributed by atoms with Gasteiger partial charge in [-0.1, -0.05) is 43.3 Å². The van der Waals surface area contributed by atoms with E-state index in [1.807, 2.05) is 12.1 Å². The molecule has 0 fully saturated rings. The number of benzene rings is 3. The van der Waals surface area contributed by atoms with Gasteiger partial charge in [0, 0.05) is 24.2 Å². The lowest BCUT2D eigenvalue weighted by molar-refractivity contribution is 0.0912. The van der Waals surface area contributed by atoms with Crippen LogP contribution < -0.4 is 15.9 Å². The minimum Gasteiger partial charge on any atom is -0.508 e. The number of carbonyl (C=O) groups excluding carboxylic acids is 2. The summed E-state index contributed by atoms with van der Waals surface area (Å²) in [5, 5.41) is 35.7. The van der Waals surface area contributed by atoms with Crippen molar-refractivity contribution in [2.75, 3.05) is 19.4 Å².